The fourth-order valence-electron chi connectivity index (χ4n) is 2.21. The molecule has 0 spiro atoms. The predicted octanol–water partition coefficient (Wildman–Crippen LogP) is 4.98. The Bertz CT molecular complexity index is 742. The number of ether oxygens (including phenoxy) is 2. The van der Waals surface area contributed by atoms with E-state index in [4.69, 9.17) is 9.47 Å². The molecule has 0 N–H and O–H groups in total. The van der Waals surface area contributed by atoms with Gasteiger partial charge < -0.3 is 14.4 Å². The van der Waals surface area contributed by atoms with Crippen LogP contribution in [-0.4, -0.2) is 31.1 Å². The van der Waals surface area contributed by atoms with Gasteiger partial charge in [-0.1, -0.05) is 6.07 Å². The predicted molar refractivity (Wildman–Crippen MR) is 106 cm³/mol. The Hall–Kier alpha value is -1.79. The first-order valence-electron chi connectivity index (χ1n) is 8.10. The fourth-order valence-corrected chi connectivity index (χ4v) is 3.75. The van der Waals surface area contributed by atoms with Crippen molar-refractivity contribution in [2.24, 2.45) is 0 Å². The van der Waals surface area contributed by atoms with Crippen molar-refractivity contribution in [1.29, 1.82) is 0 Å². The Balaban J connectivity index is 2.04. The summed E-state index contributed by atoms with van der Waals surface area (Å²) in [6, 6.07) is 9.67. The summed E-state index contributed by atoms with van der Waals surface area (Å²) in [4.78, 5) is 15.1. The summed E-state index contributed by atoms with van der Waals surface area (Å²) < 4.78 is 12.2. The van der Waals surface area contributed by atoms with Crippen LogP contribution in [0.3, 0.4) is 0 Å². The fraction of sp³-hybridized carbons (Fsp3) is 0.316. The van der Waals surface area contributed by atoms with Crippen LogP contribution >= 0.6 is 27.3 Å². The minimum absolute atomic E-state index is 0.0450. The van der Waals surface area contributed by atoms with Gasteiger partial charge in [0, 0.05) is 18.0 Å². The van der Waals surface area contributed by atoms with E-state index in [-0.39, 0.29) is 5.91 Å². The minimum atomic E-state index is -0.0450. The van der Waals surface area contributed by atoms with Gasteiger partial charge in [-0.25, -0.2) is 0 Å². The van der Waals surface area contributed by atoms with Gasteiger partial charge in [-0.05, 0) is 65.7 Å². The van der Waals surface area contributed by atoms with Gasteiger partial charge in [-0.2, -0.15) is 0 Å². The largest absolute Gasteiger partial charge is 0.490 e. The summed E-state index contributed by atoms with van der Waals surface area (Å²) in [7, 11) is 1.80. The first kappa shape index (κ1) is 19.5. The van der Waals surface area contributed by atoms with Crippen molar-refractivity contribution in [1.82, 2.24) is 4.90 Å². The molecule has 0 aliphatic rings. The number of thiophene rings is 1. The van der Waals surface area contributed by atoms with Crippen molar-refractivity contribution in [3.05, 3.63) is 50.6 Å². The van der Waals surface area contributed by atoms with Crippen molar-refractivity contribution in [2.75, 3.05) is 20.3 Å². The lowest BCUT2D eigenvalue weighted by Gasteiger charge is -2.14. The standard InChI is InChI=1S/C19H22BrNO3S/c1-4-23-16-9-6-14(12-17(16)24-5-2)7-11-19(22)21(3)13-15-8-10-18(20)25-15/h6-12H,4-5,13H2,1-3H3/b11-7+. The molecular weight excluding hydrogens is 402 g/mol. The number of carbonyl (C=O) groups excluding carboxylic acids is 1. The van der Waals surface area contributed by atoms with E-state index < -0.39 is 0 Å². The normalized spacial score (nSPS) is 10.9. The van der Waals surface area contributed by atoms with Crippen LogP contribution < -0.4 is 9.47 Å². The molecule has 0 aliphatic carbocycles. The van der Waals surface area contributed by atoms with E-state index >= 15 is 0 Å². The highest BCUT2D eigenvalue weighted by Gasteiger charge is 2.08. The highest BCUT2D eigenvalue weighted by atomic mass is 79.9. The average Bonchev–Trinajstić information content (AvgIpc) is 3.00. The lowest BCUT2D eigenvalue weighted by Crippen LogP contribution is -2.23. The molecule has 25 heavy (non-hydrogen) atoms. The van der Waals surface area contributed by atoms with Crippen molar-refractivity contribution in [3.63, 3.8) is 0 Å². The molecule has 2 aromatic rings. The van der Waals surface area contributed by atoms with E-state index in [2.05, 4.69) is 15.9 Å². The van der Waals surface area contributed by atoms with Crippen molar-refractivity contribution in [3.8, 4) is 11.5 Å². The maximum atomic E-state index is 12.3. The molecule has 1 heterocycles. The summed E-state index contributed by atoms with van der Waals surface area (Å²) >= 11 is 5.07. The van der Waals surface area contributed by atoms with Crippen LogP contribution in [0.5, 0.6) is 11.5 Å². The second-order valence-corrected chi connectivity index (χ2v) is 7.85. The van der Waals surface area contributed by atoms with Crippen molar-refractivity contribution in [2.45, 2.75) is 20.4 Å². The second kappa shape index (κ2) is 9.63. The highest BCUT2D eigenvalue weighted by Crippen LogP contribution is 2.29. The van der Waals surface area contributed by atoms with Crippen LogP contribution in [0.25, 0.3) is 6.08 Å². The van der Waals surface area contributed by atoms with Crippen LogP contribution in [-0.2, 0) is 11.3 Å². The number of hydrogen-bond donors (Lipinski definition) is 0. The highest BCUT2D eigenvalue weighted by molar-refractivity contribution is 9.11. The molecule has 134 valence electrons. The molecule has 0 bridgehead atoms. The van der Waals surface area contributed by atoms with Gasteiger partial charge in [0.15, 0.2) is 11.5 Å². The van der Waals surface area contributed by atoms with Gasteiger partial charge in [-0.15, -0.1) is 11.3 Å². The van der Waals surface area contributed by atoms with Gasteiger partial charge in [0.2, 0.25) is 5.91 Å². The third kappa shape index (κ3) is 5.90. The van der Waals surface area contributed by atoms with Gasteiger partial charge in [-0.3, -0.25) is 4.79 Å². The van der Waals surface area contributed by atoms with Gasteiger partial charge in [0.25, 0.3) is 0 Å². The van der Waals surface area contributed by atoms with Gasteiger partial charge in [0.05, 0.1) is 23.5 Å². The molecule has 0 unspecified atom stereocenters. The maximum Gasteiger partial charge on any atom is 0.246 e. The molecule has 0 aliphatic heterocycles. The Morgan fingerprint density at radius 1 is 1.16 bits per heavy atom. The topological polar surface area (TPSA) is 38.8 Å². The zero-order valence-electron chi connectivity index (χ0n) is 14.6. The second-order valence-electron chi connectivity index (χ2n) is 5.31. The molecule has 0 saturated carbocycles. The van der Waals surface area contributed by atoms with E-state index in [9.17, 15) is 4.79 Å². The number of amides is 1. The van der Waals surface area contributed by atoms with Crippen LogP contribution in [0.15, 0.2) is 40.2 Å². The molecule has 1 aromatic carbocycles. The molecule has 0 radical (unpaired) electrons. The van der Waals surface area contributed by atoms with Gasteiger partial charge >= 0.3 is 0 Å². The Morgan fingerprint density at radius 2 is 1.88 bits per heavy atom. The summed E-state index contributed by atoms with van der Waals surface area (Å²) in [6.45, 7) is 5.60. The number of hydrogen-bond acceptors (Lipinski definition) is 4. The molecule has 4 nitrogen and oxygen atoms in total. The molecule has 2 rings (SSSR count). The van der Waals surface area contributed by atoms with Gasteiger partial charge in [0.1, 0.15) is 0 Å². The molecule has 0 saturated heterocycles. The monoisotopic (exact) mass is 423 g/mol. The van der Waals surface area contributed by atoms with E-state index in [1.165, 1.54) is 0 Å². The quantitative estimate of drug-likeness (QED) is 0.561. The van der Waals surface area contributed by atoms with Crippen LogP contribution in [0.1, 0.15) is 24.3 Å². The maximum absolute atomic E-state index is 12.3. The SMILES string of the molecule is CCOc1ccc(/C=C/C(=O)N(C)Cc2ccc(Br)s2)cc1OCC. The number of likely N-dealkylation sites (N-methyl/N-ethyl adjacent to an activating group) is 1. The minimum Gasteiger partial charge on any atom is -0.490 e. The Labute approximate surface area is 161 Å². The summed E-state index contributed by atoms with van der Waals surface area (Å²) in [5.74, 6) is 1.36. The van der Waals surface area contributed by atoms with Crippen molar-refractivity contribution < 1.29 is 14.3 Å². The van der Waals surface area contributed by atoms with Crippen LogP contribution in [0, 0.1) is 0 Å². The molecule has 0 atom stereocenters. The average molecular weight is 424 g/mol. The van der Waals surface area contributed by atoms with Crippen LogP contribution in [0.4, 0.5) is 0 Å². The smallest absolute Gasteiger partial charge is 0.246 e. The molecule has 1 aromatic heterocycles. The third-order valence-corrected chi connectivity index (χ3v) is 4.99. The summed E-state index contributed by atoms with van der Waals surface area (Å²) in [5.41, 5.74) is 0.896. The summed E-state index contributed by atoms with van der Waals surface area (Å²) in [5, 5.41) is 0. The number of halogens is 1. The lowest BCUT2D eigenvalue weighted by molar-refractivity contribution is -0.125. The number of carbonyl (C=O) groups is 1. The Morgan fingerprint density at radius 3 is 2.52 bits per heavy atom. The Kier molecular flexibility index (Phi) is 7.52. The van der Waals surface area contributed by atoms with E-state index in [0.717, 1.165) is 14.2 Å². The summed E-state index contributed by atoms with van der Waals surface area (Å²) in [6.07, 6.45) is 3.37. The van der Waals surface area contributed by atoms with Crippen LogP contribution in [0.2, 0.25) is 0 Å². The van der Waals surface area contributed by atoms with E-state index in [1.54, 1.807) is 35.4 Å². The zero-order chi connectivity index (χ0) is 18.2. The first-order chi connectivity index (χ1) is 12.0. The lowest BCUT2D eigenvalue weighted by atomic mass is 10.2. The first-order valence-corrected chi connectivity index (χ1v) is 9.71. The van der Waals surface area contributed by atoms with E-state index in [0.29, 0.717) is 31.3 Å². The zero-order valence-corrected chi connectivity index (χ0v) is 17.0. The van der Waals surface area contributed by atoms with E-state index in [1.807, 2.05) is 44.2 Å². The number of nitrogens with zero attached hydrogens (tertiary/aromatic N) is 1. The molecule has 1 amide bonds. The third-order valence-electron chi connectivity index (χ3n) is 3.38. The molecule has 6 heteroatoms. The molecule has 0 fully saturated rings. The van der Waals surface area contributed by atoms with Crippen molar-refractivity contribution >= 4 is 39.2 Å². The number of rotatable bonds is 8. The molecular formula is C19H22BrNO3S. The number of benzene rings is 1.